The van der Waals surface area contributed by atoms with E-state index in [1.807, 2.05) is 215 Å². The molecule has 0 saturated carbocycles. The normalized spacial score (nSPS) is 11.5. The molecule has 81 heavy (non-hydrogen) atoms. The van der Waals surface area contributed by atoms with Gasteiger partial charge < -0.3 is 9.13 Å². The summed E-state index contributed by atoms with van der Waals surface area (Å²) in [5, 5.41) is 14.2. The van der Waals surface area contributed by atoms with Crippen LogP contribution in [-0.2, 0) is 0 Å². The Bertz CT molecular complexity index is 4740. The van der Waals surface area contributed by atoms with Crippen LogP contribution in [0.5, 0.6) is 0 Å². The van der Waals surface area contributed by atoms with Gasteiger partial charge in [-0.1, -0.05) is 182 Å². The van der Waals surface area contributed by atoms with Crippen molar-refractivity contribution < 1.29 is 22.0 Å². The molecule has 0 aliphatic rings. The lowest BCUT2D eigenvalue weighted by Gasteiger charge is -2.20. The summed E-state index contributed by atoms with van der Waals surface area (Å²) in [4.78, 5) is 29.9. The summed E-state index contributed by atoms with van der Waals surface area (Å²) in [5.41, 5.74) is 5.05. The Hall–Kier alpha value is -11.0. The topological polar surface area (TPSA) is 111 Å². The fourth-order valence-corrected chi connectivity index (χ4v) is 10.7. The Balaban J connectivity index is 1.08. The lowest BCUT2D eigenvalue weighted by atomic mass is 9.96. The molecular formula is C67H36F5N9. The number of hydrogen-bond donors (Lipinski definition) is 0. The highest BCUT2D eigenvalue weighted by Gasteiger charge is 2.31. The van der Waals surface area contributed by atoms with E-state index in [0.29, 0.717) is 73.8 Å². The SMILES string of the molecule is N#Cc1cc(-n2c3ccccc3c3ccc(-c4nc(-c5ccccc5)nc(-c5ccccc5)n4)cc32)c(-n2c3ccccc3c3ccc(-c4nc(-c5ccccc5)nc(-c5ccccc5)n4)cc32)cc1-c1c(F)c(F)c(F)c(F)c1F. The number of nitriles is 1. The first-order valence-corrected chi connectivity index (χ1v) is 25.6. The van der Waals surface area contributed by atoms with Crippen LogP contribution in [0.4, 0.5) is 22.0 Å². The van der Waals surface area contributed by atoms with Crippen molar-refractivity contribution in [2.45, 2.75) is 0 Å². The Morgan fingerprint density at radius 1 is 0.296 bits per heavy atom. The fraction of sp³-hybridized carbons (Fsp3) is 0. The van der Waals surface area contributed by atoms with Crippen LogP contribution >= 0.6 is 0 Å². The summed E-state index contributed by atoms with van der Waals surface area (Å²) in [6, 6.07) is 69.7. The second-order valence-corrected chi connectivity index (χ2v) is 19.2. The molecule has 14 aromatic rings. The predicted octanol–water partition coefficient (Wildman–Crippen LogP) is 16.5. The van der Waals surface area contributed by atoms with Crippen LogP contribution in [0.2, 0.25) is 0 Å². The average Bonchev–Trinajstić information content (AvgIpc) is 4.29. The van der Waals surface area contributed by atoms with Crippen LogP contribution < -0.4 is 0 Å². The highest BCUT2D eigenvalue weighted by atomic mass is 19.2. The zero-order valence-electron chi connectivity index (χ0n) is 42.2. The second-order valence-electron chi connectivity index (χ2n) is 19.2. The molecule has 14 heteroatoms. The minimum Gasteiger partial charge on any atom is -0.307 e. The van der Waals surface area contributed by atoms with Crippen LogP contribution in [0.25, 0.3) is 134 Å². The predicted molar refractivity (Wildman–Crippen MR) is 304 cm³/mol. The van der Waals surface area contributed by atoms with E-state index in [1.165, 1.54) is 12.1 Å². The van der Waals surface area contributed by atoms with Crippen molar-refractivity contribution in [3.05, 3.63) is 253 Å². The van der Waals surface area contributed by atoms with Crippen molar-refractivity contribution in [3.63, 3.8) is 0 Å². The maximum atomic E-state index is 16.3. The minimum atomic E-state index is -2.32. The number of para-hydroxylation sites is 2. The number of rotatable bonds is 9. The molecule has 0 saturated heterocycles. The molecule has 0 N–H and O–H groups in total. The van der Waals surface area contributed by atoms with Gasteiger partial charge in [-0.3, -0.25) is 0 Å². The van der Waals surface area contributed by atoms with Crippen molar-refractivity contribution >= 4 is 43.6 Å². The summed E-state index contributed by atoms with van der Waals surface area (Å²) in [6.45, 7) is 0. The van der Waals surface area contributed by atoms with Gasteiger partial charge in [0.25, 0.3) is 0 Å². The molecule has 4 heterocycles. The lowest BCUT2D eigenvalue weighted by molar-refractivity contribution is 0.381. The number of hydrogen-bond acceptors (Lipinski definition) is 7. The minimum absolute atomic E-state index is 0.216. The van der Waals surface area contributed by atoms with Gasteiger partial charge in [-0.2, -0.15) is 5.26 Å². The van der Waals surface area contributed by atoms with E-state index in [9.17, 15) is 9.65 Å². The van der Waals surface area contributed by atoms with Gasteiger partial charge >= 0.3 is 0 Å². The van der Waals surface area contributed by atoms with Gasteiger partial charge in [-0.15, -0.1) is 0 Å². The van der Waals surface area contributed by atoms with Crippen molar-refractivity contribution in [2.24, 2.45) is 0 Å². The van der Waals surface area contributed by atoms with Crippen molar-refractivity contribution in [1.82, 2.24) is 39.0 Å². The maximum absolute atomic E-state index is 16.3. The third-order valence-electron chi connectivity index (χ3n) is 14.5. The Labute approximate surface area is 457 Å². The van der Waals surface area contributed by atoms with Gasteiger partial charge in [0.1, 0.15) is 0 Å². The second kappa shape index (κ2) is 19.5. The molecule has 0 unspecified atom stereocenters. The highest BCUT2D eigenvalue weighted by molar-refractivity contribution is 6.13. The molecule has 0 aliphatic carbocycles. The van der Waals surface area contributed by atoms with Crippen LogP contribution in [0.1, 0.15) is 5.56 Å². The molecule has 14 rings (SSSR count). The molecule has 4 aromatic heterocycles. The molecule has 0 amide bonds. The van der Waals surface area contributed by atoms with Crippen molar-refractivity contribution in [2.75, 3.05) is 0 Å². The summed E-state index contributed by atoms with van der Waals surface area (Å²) >= 11 is 0. The summed E-state index contributed by atoms with van der Waals surface area (Å²) in [7, 11) is 0. The number of benzene rings is 10. The fourth-order valence-electron chi connectivity index (χ4n) is 10.7. The van der Waals surface area contributed by atoms with Gasteiger partial charge in [0, 0.05) is 60.5 Å². The van der Waals surface area contributed by atoms with Crippen molar-refractivity contribution in [1.29, 1.82) is 5.26 Å². The first kappa shape index (κ1) is 48.3. The first-order valence-electron chi connectivity index (χ1n) is 25.6. The molecular weight excluding hydrogens is 1030 g/mol. The zero-order valence-corrected chi connectivity index (χ0v) is 42.2. The van der Waals surface area contributed by atoms with E-state index in [0.717, 1.165) is 43.8 Å². The Morgan fingerprint density at radius 2 is 0.605 bits per heavy atom. The van der Waals surface area contributed by atoms with Crippen LogP contribution in [0.15, 0.2) is 218 Å². The number of aromatic nitrogens is 8. The maximum Gasteiger partial charge on any atom is 0.200 e. The third kappa shape index (κ3) is 8.13. The smallest absolute Gasteiger partial charge is 0.200 e. The lowest BCUT2D eigenvalue weighted by Crippen LogP contribution is -2.08. The van der Waals surface area contributed by atoms with E-state index in [-0.39, 0.29) is 11.3 Å². The molecule has 384 valence electrons. The summed E-state index contributed by atoms with van der Waals surface area (Å²) in [6.07, 6.45) is 0. The molecule has 0 radical (unpaired) electrons. The van der Waals surface area contributed by atoms with E-state index in [4.69, 9.17) is 29.9 Å². The van der Waals surface area contributed by atoms with E-state index in [1.54, 1.807) is 0 Å². The highest BCUT2D eigenvalue weighted by Crippen LogP contribution is 2.44. The number of nitrogens with zero attached hydrogens (tertiary/aromatic N) is 9. The molecule has 0 aliphatic heterocycles. The van der Waals surface area contributed by atoms with E-state index >= 15 is 17.6 Å². The first-order chi connectivity index (χ1) is 39.7. The Morgan fingerprint density at radius 3 is 0.975 bits per heavy atom. The molecule has 0 bridgehead atoms. The quantitative estimate of drug-likeness (QED) is 0.0804. The summed E-state index contributed by atoms with van der Waals surface area (Å²) in [5.74, 6) is -8.37. The van der Waals surface area contributed by atoms with E-state index < -0.39 is 40.2 Å². The molecule has 0 fully saturated rings. The van der Waals surface area contributed by atoms with Gasteiger partial charge in [-0.05, 0) is 36.4 Å². The van der Waals surface area contributed by atoms with E-state index in [2.05, 4.69) is 6.07 Å². The van der Waals surface area contributed by atoms with Crippen molar-refractivity contribution in [3.8, 4) is 96.9 Å². The number of fused-ring (bicyclic) bond motifs is 6. The average molecular weight is 1060 g/mol. The molecule has 10 aromatic carbocycles. The molecule has 0 atom stereocenters. The largest absolute Gasteiger partial charge is 0.307 e. The van der Waals surface area contributed by atoms with Gasteiger partial charge in [0.05, 0.1) is 50.6 Å². The monoisotopic (exact) mass is 1060 g/mol. The molecule has 0 spiro atoms. The number of halogens is 5. The van der Waals surface area contributed by atoms with Crippen LogP contribution in [-0.4, -0.2) is 39.0 Å². The van der Waals surface area contributed by atoms with Crippen LogP contribution in [0, 0.1) is 40.4 Å². The van der Waals surface area contributed by atoms with Gasteiger partial charge in [0.15, 0.2) is 58.2 Å². The molecule has 9 nitrogen and oxygen atoms in total. The zero-order chi connectivity index (χ0) is 54.9. The standard InChI is InChI=1S/C67H36F5N9/c68-57-56(58(69)60(71)61(72)59(57)70)49-36-55(81-51-28-16-14-26-46(51)48-32-30-43(34-53(48)81)67-78-64(40-21-9-3-10-22-40)75-65(79-67)41-23-11-4-12-24-41)54(35-44(49)37-73)80-50-27-15-13-25-45(50)47-31-29-42(33-52(47)80)66-76-62(38-17-5-1-6-18-38)74-63(77-66)39-19-7-2-8-20-39/h1-36H. The van der Waals surface area contributed by atoms with Gasteiger partial charge in [-0.25, -0.2) is 51.9 Å². The summed E-state index contributed by atoms with van der Waals surface area (Å²) < 4.78 is 82.1. The third-order valence-corrected chi connectivity index (χ3v) is 14.5. The van der Waals surface area contributed by atoms with Gasteiger partial charge in [0.2, 0.25) is 5.82 Å². The van der Waals surface area contributed by atoms with Crippen LogP contribution in [0.3, 0.4) is 0 Å². The Kier molecular flexibility index (Phi) is 11.6.